The van der Waals surface area contributed by atoms with Crippen molar-refractivity contribution in [1.29, 1.82) is 5.26 Å². The SMILES string of the molecule is COc1cc(CC#N)c([N+](=O)[O-])c(C(F)F)n1. The van der Waals surface area contributed by atoms with Gasteiger partial charge in [-0.1, -0.05) is 0 Å². The highest BCUT2D eigenvalue weighted by Gasteiger charge is 2.28. The molecule has 0 atom stereocenters. The second kappa shape index (κ2) is 5.16. The first-order valence-electron chi connectivity index (χ1n) is 4.38. The minimum atomic E-state index is -3.11. The summed E-state index contributed by atoms with van der Waals surface area (Å²) in [5.74, 6) is -0.184. The maximum absolute atomic E-state index is 12.6. The van der Waals surface area contributed by atoms with Crippen molar-refractivity contribution in [2.45, 2.75) is 12.8 Å². The van der Waals surface area contributed by atoms with Gasteiger partial charge in [-0.15, -0.1) is 0 Å². The Morgan fingerprint density at radius 3 is 2.76 bits per heavy atom. The smallest absolute Gasteiger partial charge is 0.301 e. The van der Waals surface area contributed by atoms with E-state index >= 15 is 0 Å². The number of methoxy groups -OCH3 is 1. The number of nitrogens with zero attached hydrogens (tertiary/aromatic N) is 3. The van der Waals surface area contributed by atoms with Gasteiger partial charge in [0.05, 0.1) is 30.1 Å². The maximum Gasteiger partial charge on any atom is 0.301 e. The number of ether oxygens (including phenoxy) is 1. The van der Waals surface area contributed by atoms with E-state index in [-0.39, 0.29) is 17.9 Å². The van der Waals surface area contributed by atoms with Gasteiger partial charge in [-0.3, -0.25) is 10.1 Å². The Labute approximate surface area is 94.6 Å². The summed E-state index contributed by atoms with van der Waals surface area (Å²) in [6, 6.07) is 2.77. The van der Waals surface area contributed by atoms with E-state index in [1.165, 1.54) is 7.11 Å². The van der Waals surface area contributed by atoms with Crippen LogP contribution in [-0.4, -0.2) is 17.0 Å². The standard InChI is InChI=1S/C9H7F2N3O3/c1-17-6-4-5(2-3-12)8(14(15)16)7(13-6)9(10)11/h4,9H,2H2,1H3. The van der Waals surface area contributed by atoms with E-state index < -0.39 is 22.7 Å². The van der Waals surface area contributed by atoms with Crippen molar-refractivity contribution in [1.82, 2.24) is 4.98 Å². The van der Waals surface area contributed by atoms with Crippen LogP contribution < -0.4 is 4.74 Å². The fourth-order valence-electron chi connectivity index (χ4n) is 1.27. The first-order chi connectivity index (χ1) is 8.01. The summed E-state index contributed by atoms with van der Waals surface area (Å²) in [6.07, 6.45) is -3.47. The highest BCUT2D eigenvalue weighted by molar-refractivity contribution is 5.48. The zero-order valence-corrected chi connectivity index (χ0v) is 8.68. The average molecular weight is 243 g/mol. The fourth-order valence-corrected chi connectivity index (χ4v) is 1.27. The van der Waals surface area contributed by atoms with Gasteiger partial charge >= 0.3 is 5.69 Å². The Morgan fingerprint density at radius 2 is 2.35 bits per heavy atom. The molecule has 0 aliphatic carbocycles. The molecule has 0 aliphatic heterocycles. The topological polar surface area (TPSA) is 89.0 Å². The third-order valence-electron chi connectivity index (χ3n) is 1.94. The Kier molecular flexibility index (Phi) is 3.87. The van der Waals surface area contributed by atoms with Crippen LogP contribution in [0.2, 0.25) is 0 Å². The monoisotopic (exact) mass is 243 g/mol. The van der Waals surface area contributed by atoms with Crippen LogP contribution in [-0.2, 0) is 6.42 Å². The molecule has 0 bridgehead atoms. The lowest BCUT2D eigenvalue weighted by atomic mass is 10.1. The van der Waals surface area contributed by atoms with Crippen LogP contribution in [0.15, 0.2) is 6.07 Å². The molecular formula is C9H7F2N3O3. The third-order valence-corrected chi connectivity index (χ3v) is 1.94. The van der Waals surface area contributed by atoms with Gasteiger partial charge in [-0.25, -0.2) is 13.8 Å². The van der Waals surface area contributed by atoms with Gasteiger partial charge < -0.3 is 4.74 Å². The predicted molar refractivity (Wildman–Crippen MR) is 51.7 cm³/mol. The highest BCUT2D eigenvalue weighted by Crippen LogP contribution is 2.33. The number of nitriles is 1. The van der Waals surface area contributed by atoms with Gasteiger partial charge in [-0.2, -0.15) is 5.26 Å². The van der Waals surface area contributed by atoms with E-state index in [9.17, 15) is 18.9 Å². The molecule has 17 heavy (non-hydrogen) atoms. The number of rotatable bonds is 4. The average Bonchev–Trinajstić information content (AvgIpc) is 2.27. The Hall–Kier alpha value is -2.30. The van der Waals surface area contributed by atoms with Crippen LogP contribution >= 0.6 is 0 Å². The number of aromatic nitrogens is 1. The third kappa shape index (κ3) is 2.63. The number of hydrogen-bond donors (Lipinski definition) is 0. The van der Waals surface area contributed by atoms with Crippen molar-refractivity contribution in [3.05, 3.63) is 27.4 Å². The molecule has 0 spiro atoms. The number of nitro groups is 1. The van der Waals surface area contributed by atoms with Crippen molar-refractivity contribution in [2.24, 2.45) is 0 Å². The lowest BCUT2D eigenvalue weighted by Gasteiger charge is -2.07. The van der Waals surface area contributed by atoms with E-state index in [0.29, 0.717) is 0 Å². The molecule has 1 aromatic heterocycles. The molecule has 0 fully saturated rings. The van der Waals surface area contributed by atoms with E-state index in [0.717, 1.165) is 6.07 Å². The molecule has 0 N–H and O–H groups in total. The number of alkyl halides is 2. The quantitative estimate of drug-likeness (QED) is 0.596. The van der Waals surface area contributed by atoms with E-state index in [2.05, 4.69) is 9.72 Å². The summed E-state index contributed by atoms with van der Waals surface area (Å²) in [5.41, 5.74) is -1.96. The van der Waals surface area contributed by atoms with Gasteiger partial charge in [0, 0.05) is 6.07 Å². The van der Waals surface area contributed by atoms with Crippen molar-refractivity contribution in [3.63, 3.8) is 0 Å². The normalized spacial score (nSPS) is 10.1. The van der Waals surface area contributed by atoms with Crippen molar-refractivity contribution in [2.75, 3.05) is 7.11 Å². The second-order valence-electron chi connectivity index (χ2n) is 2.95. The molecule has 0 unspecified atom stereocenters. The van der Waals surface area contributed by atoms with Crippen molar-refractivity contribution >= 4 is 5.69 Å². The van der Waals surface area contributed by atoms with Crippen LogP contribution in [0.5, 0.6) is 5.88 Å². The molecule has 0 saturated heterocycles. The van der Waals surface area contributed by atoms with Gasteiger partial charge in [0.15, 0.2) is 5.69 Å². The summed E-state index contributed by atoms with van der Waals surface area (Å²) in [4.78, 5) is 13.1. The Morgan fingerprint density at radius 1 is 1.71 bits per heavy atom. The minimum Gasteiger partial charge on any atom is -0.481 e. The van der Waals surface area contributed by atoms with Gasteiger partial charge in [0.25, 0.3) is 6.43 Å². The summed E-state index contributed by atoms with van der Waals surface area (Å²) < 4.78 is 29.9. The lowest BCUT2D eigenvalue weighted by Crippen LogP contribution is -2.05. The molecule has 8 heteroatoms. The molecule has 1 heterocycles. The second-order valence-corrected chi connectivity index (χ2v) is 2.95. The highest BCUT2D eigenvalue weighted by atomic mass is 19.3. The molecule has 0 aliphatic rings. The van der Waals surface area contributed by atoms with Crippen LogP contribution in [0, 0.1) is 21.4 Å². The van der Waals surface area contributed by atoms with Crippen molar-refractivity contribution < 1.29 is 18.4 Å². The molecule has 90 valence electrons. The van der Waals surface area contributed by atoms with Crippen LogP contribution in [0.25, 0.3) is 0 Å². The molecule has 0 radical (unpaired) electrons. The van der Waals surface area contributed by atoms with Crippen molar-refractivity contribution in [3.8, 4) is 11.9 Å². The first-order valence-corrected chi connectivity index (χ1v) is 4.38. The minimum absolute atomic E-state index is 0.139. The zero-order valence-electron chi connectivity index (χ0n) is 8.68. The van der Waals surface area contributed by atoms with Crippen LogP contribution in [0.1, 0.15) is 17.7 Å². The summed E-state index contributed by atoms with van der Waals surface area (Å²) in [5, 5.41) is 19.2. The van der Waals surface area contributed by atoms with Crippen LogP contribution in [0.4, 0.5) is 14.5 Å². The molecule has 6 nitrogen and oxygen atoms in total. The largest absolute Gasteiger partial charge is 0.481 e. The predicted octanol–water partition coefficient (Wildman–Crippen LogP) is 2.00. The first kappa shape index (κ1) is 12.8. The van der Waals surface area contributed by atoms with Gasteiger partial charge in [0.1, 0.15) is 0 Å². The Balaban J connectivity index is 3.50. The van der Waals surface area contributed by atoms with E-state index in [1.807, 2.05) is 0 Å². The van der Waals surface area contributed by atoms with Crippen LogP contribution in [0.3, 0.4) is 0 Å². The number of pyridine rings is 1. The molecule has 1 rings (SSSR count). The molecule has 0 saturated carbocycles. The fraction of sp³-hybridized carbons (Fsp3) is 0.333. The zero-order chi connectivity index (χ0) is 13.0. The summed E-state index contributed by atoms with van der Waals surface area (Å²) in [7, 11) is 1.19. The molecule has 0 aromatic carbocycles. The molecular weight excluding hydrogens is 236 g/mol. The Bertz CT molecular complexity index is 485. The van der Waals surface area contributed by atoms with E-state index in [1.54, 1.807) is 6.07 Å². The number of hydrogen-bond acceptors (Lipinski definition) is 5. The van der Waals surface area contributed by atoms with Gasteiger partial charge in [0.2, 0.25) is 5.88 Å². The summed E-state index contributed by atoms with van der Waals surface area (Å²) >= 11 is 0. The molecule has 0 amide bonds. The van der Waals surface area contributed by atoms with E-state index in [4.69, 9.17) is 5.26 Å². The molecule has 1 aromatic rings. The number of halogens is 2. The van der Waals surface area contributed by atoms with Gasteiger partial charge in [-0.05, 0) is 0 Å². The maximum atomic E-state index is 12.6. The summed E-state index contributed by atoms with van der Waals surface area (Å²) in [6.45, 7) is 0. The lowest BCUT2D eigenvalue weighted by molar-refractivity contribution is -0.387.